The Morgan fingerprint density at radius 2 is 0.867 bits per heavy atom. The first-order valence-corrected chi connectivity index (χ1v) is 10.2. The fraction of sp³-hybridized carbons (Fsp3) is 0.455. The molecule has 0 aliphatic carbocycles. The summed E-state index contributed by atoms with van der Waals surface area (Å²) in [5.41, 5.74) is 1.56. The van der Waals surface area contributed by atoms with Gasteiger partial charge in [-0.05, 0) is 24.3 Å². The lowest BCUT2D eigenvalue weighted by Crippen LogP contribution is -2.16. The standard InChI is InChI=1S/C22H26N2O6/c1-3-17-19(23-5-1)20-18(4-2-6-24-20)22-21(17)29-15-13-27-11-9-25-7-8-26-10-12-28-14-16-30-22/h1-6H,7-16H2. The summed E-state index contributed by atoms with van der Waals surface area (Å²) in [4.78, 5) is 9.06. The van der Waals surface area contributed by atoms with Gasteiger partial charge in [0.25, 0.3) is 0 Å². The Morgan fingerprint density at radius 1 is 0.500 bits per heavy atom. The van der Waals surface area contributed by atoms with Crippen molar-refractivity contribution in [2.24, 2.45) is 0 Å². The van der Waals surface area contributed by atoms with Gasteiger partial charge in [0.05, 0.1) is 52.9 Å². The molecule has 0 N–H and O–H groups in total. The molecule has 0 spiro atoms. The maximum atomic E-state index is 6.14. The van der Waals surface area contributed by atoms with Gasteiger partial charge in [0.1, 0.15) is 24.2 Å². The highest BCUT2D eigenvalue weighted by Crippen LogP contribution is 2.42. The van der Waals surface area contributed by atoms with Gasteiger partial charge in [0, 0.05) is 23.2 Å². The van der Waals surface area contributed by atoms with E-state index in [1.807, 2.05) is 24.3 Å². The highest BCUT2D eigenvalue weighted by molar-refractivity contribution is 6.09. The number of nitrogens with zero attached hydrogens (tertiary/aromatic N) is 2. The van der Waals surface area contributed by atoms with Gasteiger partial charge in [-0.1, -0.05) is 0 Å². The Kier molecular flexibility index (Phi) is 7.63. The summed E-state index contributed by atoms with van der Waals surface area (Å²) in [5, 5.41) is 1.71. The molecule has 8 heteroatoms. The molecule has 3 aromatic rings. The van der Waals surface area contributed by atoms with E-state index in [2.05, 4.69) is 9.97 Å². The number of fused-ring (bicyclic) bond motifs is 6. The molecule has 2 aromatic heterocycles. The summed E-state index contributed by atoms with van der Waals surface area (Å²) >= 11 is 0. The van der Waals surface area contributed by atoms with Gasteiger partial charge in [-0.15, -0.1) is 0 Å². The van der Waals surface area contributed by atoms with Crippen molar-refractivity contribution in [2.45, 2.75) is 0 Å². The second kappa shape index (κ2) is 11.0. The second-order valence-electron chi connectivity index (χ2n) is 6.60. The van der Waals surface area contributed by atoms with Gasteiger partial charge in [-0.25, -0.2) is 0 Å². The Morgan fingerprint density at radius 3 is 1.27 bits per heavy atom. The predicted octanol–water partition coefficient (Wildman–Crippen LogP) is 2.62. The Hall–Kier alpha value is -2.52. The molecular weight excluding hydrogens is 388 g/mol. The van der Waals surface area contributed by atoms with Crippen LogP contribution in [0.5, 0.6) is 11.5 Å². The largest absolute Gasteiger partial charge is 0.487 e. The van der Waals surface area contributed by atoms with Gasteiger partial charge in [-0.3, -0.25) is 9.97 Å². The van der Waals surface area contributed by atoms with E-state index in [0.717, 1.165) is 21.8 Å². The quantitative estimate of drug-likeness (QED) is 0.520. The third-order valence-corrected chi connectivity index (χ3v) is 4.60. The Bertz CT molecular complexity index is 875. The first-order valence-electron chi connectivity index (χ1n) is 10.2. The predicted molar refractivity (Wildman–Crippen MR) is 111 cm³/mol. The van der Waals surface area contributed by atoms with Crippen molar-refractivity contribution < 1.29 is 28.4 Å². The van der Waals surface area contributed by atoms with E-state index in [1.165, 1.54) is 0 Å². The molecule has 1 aromatic carbocycles. The molecule has 0 saturated carbocycles. The normalized spacial score (nSPS) is 18.0. The Balaban J connectivity index is 1.62. The lowest BCUT2D eigenvalue weighted by molar-refractivity contribution is -0.00827. The first kappa shape index (κ1) is 20.7. The molecule has 0 bridgehead atoms. The van der Waals surface area contributed by atoms with Crippen LogP contribution in [-0.2, 0) is 18.9 Å². The van der Waals surface area contributed by atoms with E-state index in [0.29, 0.717) is 77.6 Å². The smallest absolute Gasteiger partial charge is 0.171 e. The van der Waals surface area contributed by atoms with Crippen LogP contribution in [0.15, 0.2) is 36.7 Å². The Labute approximate surface area is 175 Å². The van der Waals surface area contributed by atoms with E-state index >= 15 is 0 Å². The van der Waals surface area contributed by atoms with Crippen molar-refractivity contribution in [1.82, 2.24) is 9.97 Å². The van der Waals surface area contributed by atoms with Gasteiger partial charge in [-0.2, -0.15) is 0 Å². The molecule has 8 nitrogen and oxygen atoms in total. The number of rotatable bonds is 0. The fourth-order valence-electron chi connectivity index (χ4n) is 3.25. The molecule has 0 amide bonds. The minimum Gasteiger partial charge on any atom is -0.487 e. The number of hydrogen-bond acceptors (Lipinski definition) is 8. The van der Waals surface area contributed by atoms with Crippen molar-refractivity contribution in [3.8, 4) is 11.5 Å². The van der Waals surface area contributed by atoms with E-state index in [4.69, 9.17) is 28.4 Å². The molecule has 0 atom stereocenters. The van der Waals surface area contributed by atoms with Crippen LogP contribution in [0.4, 0.5) is 0 Å². The van der Waals surface area contributed by atoms with Gasteiger partial charge >= 0.3 is 0 Å². The summed E-state index contributed by atoms with van der Waals surface area (Å²) in [6.07, 6.45) is 3.51. The second-order valence-corrected chi connectivity index (χ2v) is 6.60. The third-order valence-electron chi connectivity index (χ3n) is 4.60. The molecule has 30 heavy (non-hydrogen) atoms. The molecule has 0 fully saturated rings. The molecule has 0 saturated heterocycles. The van der Waals surface area contributed by atoms with Crippen LogP contribution in [-0.4, -0.2) is 76.0 Å². The number of aromatic nitrogens is 2. The SMILES string of the molecule is c1cnc2c(c1)c1c(c3cccnc32)OCCOCCOCCOCCOCCO1. The average Bonchev–Trinajstić information content (AvgIpc) is 2.79. The van der Waals surface area contributed by atoms with Gasteiger partial charge in [0.15, 0.2) is 11.5 Å². The van der Waals surface area contributed by atoms with Crippen LogP contribution >= 0.6 is 0 Å². The maximum absolute atomic E-state index is 6.14. The molecule has 0 radical (unpaired) electrons. The summed E-state index contributed by atoms with van der Waals surface area (Å²) in [6, 6.07) is 7.69. The first-order chi connectivity index (χ1) is 14.9. The zero-order valence-corrected chi connectivity index (χ0v) is 16.9. The molecule has 0 unspecified atom stereocenters. The molecule has 160 valence electrons. The van der Waals surface area contributed by atoms with Crippen molar-refractivity contribution in [1.29, 1.82) is 0 Å². The van der Waals surface area contributed by atoms with Crippen LogP contribution in [0.1, 0.15) is 0 Å². The van der Waals surface area contributed by atoms with Crippen LogP contribution in [0.3, 0.4) is 0 Å². The highest BCUT2D eigenvalue weighted by atomic mass is 16.6. The highest BCUT2D eigenvalue weighted by Gasteiger charge is 2.18. The monoisotopic (exact) mass is 414 g/mol. The van der Waals surface area contributed by atoms with Crippen LogP contribution in [0, 0.1) is 0 Å². The van der Waals surface area contributed by atoms with Crippen molar-refractivity contribution in [3.05, 3.63) is 36.7 Å². The molecule has 1 aliphatic rings. The van der Waals surface area contributed by atoms with Crippen molar-refractivity contribution in [3.63, 3.8) is 0 Å². The van der Waals surface area contributed by atoms with Gasteiger partial charge < -0.3 is 28.4 Å². The van der Waals surface area contributed by atoms with Gasteiger partial charge in [0.2, 0.25) is 0 Å². The maximum Gasteiger partial charge on any atom is 0.171 e. The van der Waals surface area contributed by atoms with E-state index in [-0.39, 0.29) is 0 Å². The van der Waals surface area contributed by atoms with Crippen molar-refractivity contribution >= 4 is 21.8 Å². The number of benzene rings is 1. The molecule has 4 rings (SSSR count). The van der Waals surface area contributed by atoms with Crippen LogP contribution in [0.25, 0.3) is 21.8 Å². The average molecular weight is 414 g/mol. The molecule has 3 heterocycles. The molecular formula is C22H26N2O6. The minimum atomic E-state index is 0.381. The van der Waals surface area contributed by atoms with Crippen LogP contribution < -0.4 is 9.47 Å². The zero-order valence-electron chi connectivity index (χ0n) is 16.9. The van der Waals surface area contributed by atoms with E-state index < -0.39 is 0 Å². The topological polar surface area (TPSA) is 81.2 Å². The summed E-state index contributed by atoms with van der Waals surface area (Å²) in [5.74, 6) is 1.28. The van der Waals surface area contributed by atoms with Crippen molar-refractivity contribution in [2.75, 3.05) is 66.1 Å². The number of pyridine rings is 2. The minimum absolute atomic E-state index is 0.381. The molecule has 1 aliphatic heterocycles. The number of hydrogen-bond donors (Lipinski definition) is 0. The zero-order chi connectivity index (χ0) is 20.4. The lowest BCUT2D eigenvalue weighted by atomic mass is 10.1. The number of ether oxygens (including phenoxy) is 6. The fourth-order valence-corrected chi connectivity index (χ4v) is 3.25. The summed E-state index contributed by atoms with van der Waals surface area (Å²) < 4.78 is 34.4. The summed E-state index contributed by atoms with van der Waals surface area (Å²) in [7, 11) is 0. The third kappa shape index (κ3) is 5.14. The van der Waals surface area contributed by atoms with Crippen LogP contribution in [0.2, 0.25) is 0 Å². The summed E-state index contributed by atoms with van der Waals surface area (Å²) in [6.45, 7) is 4.75. The van der Waals surface area contributed by atoms with E-state index in [1.54, 1.807) is 12.4 Å². The lowest BCUT2D eigenvalue weighted by Gasteiger charge is -2.18. The van der Waals surface area contributed by atoms with E-state index in [9.17, 15) is 0 Å².